The zero-order valence-corrected chi connectivity index (χ0v) is 17.0. The van der Waals surface area contributed by atoms with Crippen molar-refractivity contribution in [2.45, 2.75) is 0 Å². The van der Waals surface area contributed by atoms with Crippen LogP contribution in [-0.2, 0) is 4.79 Å². The molecular weight excluding hydrogens is 401 g/mol. The van der Waals surface area contributed by atoms with Gasteiger partial charge in [0, 0.05) is 32.4 Å². The van der Waals surface area contributed by atoms with Crippen molar-refractivity contribution in [1.29, 1.82) is 0 Å². The number of likely N-dealkylation sites (N-methyl/N-ethyl adjacent to an activating group) is 1. The van der Waals surface area contributed by atoms with Gasteiger partial charge >= 0.3 is 0 Å². The number of rotatable bonds is 2. The van der Waals surface area contributed by atoms with E-state index in [2.05, 4.69) is 27.1 Å². The number of carbonyl (C=O) groups is 2. The maximum atomic E-state index is 13.2. The highest BCUT2D eigenvalue weighted by atomic mass is 35.5. The molecule has 2 aliphatic rings. The van der Waals surface area contributed by atoms with Gasteiger partial charge in [-0.05, 0) is 31.3 Å². The van der Waals surface area contributed by atoms with Crippen LogP contribution in [0, 0.1) is 0 Å². The number of aromatic nitrogens is 1. The number of nitrogens with one attached hydrogen (secondary N) is 1. The predicted octanol–water partition coefficient (Wildman–Crippen LogP) is -4.43. The number of pyridine rings is 1. The van der Waals surface area contributed by atoms with Gasteiger partial charge in [-0.1, -0.05) is 12.1 Å². The van der Waals surface area contributed by atoms with Crippen molar-refractivity contribution < 1.29 is 34.4 Å². The second kappa shape index (κ2) is 9.34. The number of nitrogens with zero attached hydrogens (tertiary/aromatic N) is 4. The van der Waals surface area contributed by atoms with Gasteiger partial charge in [-0.3, -0.25) is 19.4 Å². The number of halogens is 2. The molecule has 150 valence electrons. The molecule has 1 fully saturated rings. The van der Waals surface area contributed by atoms with Gasteiger partial charge in [0.15, 0.2) is 5.82 Å². The summed E-state index contributed by atoms with van der Waals surface area (Å²) in [6.07, 6.45) is 1.63. The first-order valence-corrected chi connectivity index (χ1v) is 8.73. The summed E-state index contributed by atoms with van der Waals surface area (Å²) in [5.74, 6) is 0.146. The Bertz CT molecular complexity index is 856. The molecule has 0 atom stereocenters. The maximum Gasteiger partial charge on any atom is 0.257 e. The highest BCUT2D eigenvalue weighted by Crippen LogP contribution is 2.36. The largest absolute Gasteiger partial charge is 1.00 e. The van der Waals surface area contributed by atoms with Crippen LogP contribution in [0.4, 0.5) is 17.2 Å². The van der Waals surface area contributed by atoms with Crippen LogP contribution in [0.3, 0.4) is 0 Å². The Morgan fingerprint density at radius 1 is 1.07 bits per heavy atom. The average Bonchev–Trinajstić information content (AvgIpc) is 2.77. The molecule has 2 amide bonds. The molecule has 4 rings (SSSR count). The highest BCUT2D eigenvalue weighted by molar-refractivity contribution is 6.17. The van der Waals surface area contributed by atoms with Crippen LogP contribution in [-0.4, -0.2) is 66.4 Å². The van der Waals surface area contributed by atoms with E-state index in [0.29, 0.717) is 29.3 Å². The summed E-state index contributed by atoms with van der Waals surface area (Å²) in [5, 5.41) is 2.86. The fraction of sp³-hybridized carbons (Fsp3) is 0.316. The van der Waals surface area contributed by atoms with E-state index in [1.54, 1.807) is 41.4 Å². The van der Waals surface area contributed by atoms with E-state index in [9.17, 15) is 9.59 Å². The normalized spacial score (nSPS) is 16.6. The number of benzene rings is 1. The van der Waals surface area contributed by atoms with Crippen LogP contribution in [0.25, 0.3) is 0 Å². The molecule has 2 aromatic rings. The Labute approximate surface area is 176 Å². The van der Waals surface area contributed by atoms with Crippen LogP contribution < -0.4 is 35.0 Å². The Hall–Kier alpha value is -2.19. The lowest BCUT2D eigenvalue weighted by atomic mass is 10.1. The van der Waals surface area contributed by atoms with E-state index in [1.807, 2.05) is 6.07 Å². The number of anilines is 3. The summed E-state index contributed by atoms with van der Waals surface area (Å²) < 4.78 is 0. The standard InChI is InChI=1S/C19H21N5O2.2ClH/c1-22-9-11-23(12-10-22)13-17(25)24-16-7-3-2-5-14(16)19(26)21-15-6-4-8-20-18(15)24;;/h2-8H,9-13H2,1H3,(H,21,26);2*1H/p-2. The fourth-order valence-corrected chi connectivity index (χ4v) is 3.36. The summed E-state index contributed by atoms with van der Waals surface area (Å²) in [6.45, 7) is 3.89. The molecule has 1 saturated heterocycles. The number of amides is 2. The third-order valence-electron chi connectivity index (χ3n) is 4.84. The van der Waals surface area contributed by atoms with Crippen molar-refractivity contribution in [2.24, 2.45) is 0 Å². The number of para-hydroxylation sites is 1. The molecule has 0 aliphatic carbocycles. The first kappa shape index (κ1) is 22.1. The minimum absolute atomic E-state index is 0. The molecule has 3 heterocycles. The van der Waals surface area contributed by atoms with Gasteiger partial charge in [-0.2, -0.15) is 0 Å². The topological polar surface area (TPSA) is 68.8 Å². The molecule has 0 radical (unpaired) electrons. The van der Waals surface area contributed by atoms with Gasteiger partial charge in [-0.25, -0.2) is 4.98 Å². The fourth-order valence-electron chi connectivity index (χ4n) is 3.36. The molecule has 2 aliphatic heterocycles. The van der Waals surface area contributed by atoms with Crippen LogP contribution in [0.1, 0.15) is 10.4 Å². The SMILES string of the molecule is CN1CCN(CC(=O)N2c3ccccc3C(=O)Nc3cccnc32)CC1.[Cl-].[Cl-]. The quantitative estimate of drug-likeness (QED) is 0.529. The maximum absolute atomic E-state index is 13.2. The summed E-state index contributed by atoms with van der Waals surface area (Å²) in [7, 11) is 2.08. The third-order valence-corrected chi connectivity index (χ3v) is 4.84. The lowest BCUT2D eigenvalue weighted by Crippen LogP contribution is -3.00. The average molecular weight is 422 g/mol. The number of carbonyl (C=O) groups excluding carboxylic acids is 2. The Kier molecular flexibility index (Phi) is 7.37. The number of fused-ring (bicyclic) bond motifs is 2. The summed E-state index contributed by atoms with van der Waals surface area (Å²) >= 11 is 0. The lowest BCUT2D eigenvalue weighted by Gasteiger charge is -2.33. The van der Waals surface area contributed by atoms with Crippen molar-refractivity contribution >= 4 is 29.0 Å². The van der Waals surface area contributed by atoms with Gasteiger partial charge in [0.2, 0.25) is 5.91 Å². The molecule has 0 spiro atoms. The first-order valence-electron chi connectivity index (χ1n) is 8.73. The zero-order chi connectivity index (χ0) is 18.1. The summed E-state index contributed by atoms with van der Waals surface area (Å²) in [6, 6.07) is 10.7. The minimum atomic E-state index is -0.232. The highest BCUT2D eigenvalue weighted by Gasteiger charge is 2.31. The number of piperazine rings is 1. The van der Waals surface area contributed by atoms with Gasteiger partial charge in [0.1, 0.15) is 0 Å². The van der Waals surface area contributed by atoms with Crippen LogP contribution in [0.15, 0.2) is 42.6 Å². The molecule has 1 aromatic heterocycles. The predicted molar refractivity (Wildman–Crippen MR) is 99.7 cm³/mol. The molecule has 0 unspecified atom stereocenters. The van der Waals surface area contributed by atoms with E-state index >= 15 is 0 Å². The van der Waals surface area contributed by atoms with E-state index < -0.39 is 0 Å². The second-order valence-electron chi connectivity index (χ2n) is 6.65. The molecule has 0 bridgehead atoms. The minimum Gasteiger partial charge on any atom is -1.00 e. The van der Waals surface area contributed by atoms with E-state index in [0.717, 1.165) is 26.2 Å². The molecule has 28 heavy (non-hydrogen) atoms. The molecule has 0 saturated carbocycles. The Morgan fingerprint density at radius 3 is 2.54 bits per heavy atom. The lowest BCUT2D eigenvalue weighted by molar-refractivity contribution is -0.119. The van der Waals surface area contributed by atoms with Crippen molar-refractivity contribution in [1.82, 2.24) is 14.8 Å². The van der Waals surface area contributed by atoms with Crippen LogP contribution in [0.2, 0.25) is 0 Å². The Morgan fingerprint density at radius 2 is 1.79 bits per heavy atom. The number of hydrogen-bond acceptors (Lipinski definition) is 5. The van der Waals surface area contributed by atoms with Gasteiger partial charge < -0.3 is 35.0 Å². The summed E-state index contributed by atoms with van der Waals surface area (Å²) in [4.78, 5) is 36.1. The van der Waals surface area contributed by atoms with Gasteiger partial charge in [-0.15, -0.1) is 0 Å². The van der Waals surface area contributed by atoms with Gasteiger partial charge in [0.25, 0.3) is 5.91 Å². The number of hydrogen-bond donors (Lipinski definition) is 1. The van der Waals surface area contributed by atoms with Crippen molar-refractivity contribution in [2.75, 3.05) is 50.0 Å². The van der Waals surface area contributed by atoms with Crippen molar-refractivity contribution in [3.8, 4) is 0 Å². The van der Waals surface area contributed by atoms with Crippen LogP contribution >= 0.6 is 0 Å². The van der Waals surface area contributed by atoms with E-state index in [1.165, 1.54) is 0 Å². The van der Waals surface area contributed by atoms with E-state index in [4.69, 9.17) is 0 Å². The second-order valence-corrected chi connectivity index (χ2v) is 6.65. The van der Waals surface area contributed by atoms with Gasteiger partial charge in [0.05, 0.1) is 23.5 Å². The van der Waals surface area contributed by atoms with Crippen molar-refractivity contribution in [3.63, 3.8) is 0 Å². The zero-order valence-electron chi connectivity index (χ0n) is 15.4. The van der Waals surface area contributed by atoms with Crippen molar-refractivity contribution in [3.05, 3.63) is 48.2 Å². The summed E-state index contributed by atoms with van der Waals surface area (Å²) in [5.41, 5.74) is 1.58. The van der Waals surface area contributed by atoms with E-state index in [-0.39, 0.29) is 36.6 Å². The smallest absolute Gasteiger partial charge is 0.257 e. The first-order chi connectivity index (χ1) is 12.6. The van der Waals surface area contributed by atoms with Crippen LogP contribution in [0.5, 0.6) is 0 Å². The molecule has 7 nitrogen and oxygen atoms in total. The third kappa shape index (κ3) is 4.28. The molecule has 9 heteroatoms. The monoisotopic (exact) mass is 421 g/mol. The molecule has 1 N–H and O–H groups in total. The molecular formula is C19H21Cl2N5O2-2. The Balaban J connectivity index is 0.00000140. The molecule has 1 aromatic carbocycles.